The molecule has 2 fully saturated rings. The SMILES string of the molecule is CCCN(C)c1ccc2nc(C3CC3)nc(NC3CCCC3N(C)c3ccccc3OC)c2c1. The van der Waals surface area contributed by atoms with E-state index in [4.69, 9.17) is 14.7 Å². The Morgan fingerprint density at radius 2 is 1.85 bits per heavy atom. The number of para-hydroxylation sites is 2. The standard InChI is InChI=1S/C28H37N5O/c1-5-17-32(2)20-15-16-22-21(18-20)28(31-27(29-22)19-13-14-19)30-23-9-8-11-24(23)33(3)25-10-6-7-12-26(25)34-4/h6-7,10,12,15-16,18-19,23-24H,5,8-9,11,13-14,17H2,1-4H3,(H,29,30,31). The molecule has 1 heterocycles. The number of anilines is 3. The van der Waals surface area contributed by atoms with E-state index in [1.54, 1.807) is 7.11 Å². The van der Waals surface area contributed by atoms with Crippen molar-refractivity contribution in [2.75, 3.05) is 42.9 Å². The lowest BCUT2D eigenvalue weighted by atomic mass is 10.1. The van der Waals surface area contributed by atoms with E-state index >= 15 is 0 Å². The minimum Gasteiger partial charge on any atom is -0.495 e. The number of likely N-dealkylation sites (N-methyl/N-ethyl adjacent to an activating group) is 1. The molecule has 0 bridgehead atoms. The Labute approximate surface area is 203 Å². The van der Waals surface area contributed by atoms with Gasteiger partial charge in [-0.1, -0.05) is 19.1 Å². The molecule has 6 heteroatoms. The van der Waals surface area contributed by atoms with Crippen LogP contribution < -0.4 is 19.9 Å². The molecular formula is C28H37N5O. The molecule has 2 unspecified atom stereocenters. The molecule has 1 N–H and O–H groups in total. The van der Waals surface area contributed by atoms with Crippen LogP contribution in [0.15, 0.2) is 42.5 Å². The van der Waals surface area contributed by atoms with Gasteiger partial charge in [-0.15, -0.1) is 0 Å². The summed E-state index contributed by atoms with van der Waals surface area (Å²) >= 11 is 0. The van der Waals surface area contributed by atoms with E-state index in [-0.39, 0.29) is 0 Å². The van der Waals surface area contributed by atoms with Gasteiger partial charge < -0.3 is 19.9 Å². The van der Waals surface area contributed by atoms with Crippen LogP contribution in [0.2, 0.25) is 0 Å². The third-order valence-electron chi connectivity index (χ3n) is 7.40. The lowest BCUT2D eigenvalue weighted by Crippen LogP contribution is -2.42. The first-order valence-corrected chi connectivity index (χ1v) is 12.7. The smallest absolute Gasteiger partial charge is 0.142 e. The van der Waals surface area contributed by atoms with E-state index in [0.717, 1.165) is 59.8 Å². The van der Waals surface area contributed by atoms with Crippen molar-refractivity contribution in [3.8, 4) is 5.75 Å². The zero-order valence-corrected chi connectivity index (χ0v) is 20.9. The molecule has 6 nitrogen and oxygen atoms in total. The fourth-order valence-corrected chi connectivity index (χ4v) is 5.32. The lowest BCUT2D eigenvalue weighted by Gasteiger charge is -2.33. The summed E-state index contributed by atoms with van der Waals surface area (Å²) in [5.74, 6) is 3.42. The van der Waals surface area contributed by atoms with Gasteiger partial charge in [0.05, 0.1) is 18.3 Å². The van der Waals surface area contributed by atoms with Gasteiger partial charge in [0.25, 0.3) is 0 Å². The number of nitrogens with zero attached hydrogens (tertiary/aromatic N) is 4. The van der Waals surface area contributed by atoms with E-state index in [1.807, 2.05) is 12.1 Å². The second-order valence-corrected chi connectivity index (χ2v) is 9.86. The molecule has 2 atom stereocenters. The molecule has 1 aromatic heterocycles. The number of nitrogens with one attached hydrogen (secondary N) is 1. The monoisotopic (exact) mass is 459 g/mol. The first-order chi connectivity index (χ1) is 16.6. The van der Waals surface area contributed by atoms with Crippen LogP contribution in [0, 0.1) is 0 Å². The van der Waals surface area contributed by atoms with Gasteiger partial charge in [-0.05, 0) is 68.9 Å². The maximum Gasteiger partial charge on any atom is 0.142 e. The van der Waals surface area contributed by atoms with Crippen LogP contribution in [-0.4, -0.2) is 49.8 Å². The lowest BCUT2D eigenvalue weighted by molar-refractivity contribution is 0.413. The van der Waals surface area contributed by atoms with Crippen LogP contribution in [0.5, 0.6) is 5.75 Å². The fraction of sp³-hybridized carbons (Fsp3) is 0.500. The van der Waals surface area contributed by atoms with Crippen molar-refractivity contribution in [2.24, 2.45) is 0 Å². The first kappa shape index (κ1) is 22.8. The molecule has 0 aliphatic heterocycles. The Hall–Kier alpha value is -3.02. The molecule has 5 rings (SSSR count). The molecule has 2 aliphatic rings. The average Bonchev–Trinajstić information content (AvgIpc) is 3.62. The van der Waals surface area contributed by atoms with Crippen molar-refractivity contribution in [1.29, 1.82) is 0 Å². The Bertz CT molecular complexity index is 1140. The van der Waals surface area contributed by atoms with Crippen LogP contribution in [-0.2, 0) is 0 Å². The summed E-state index contributed by atoms with van der Waals surface area (Å²) in [5.41, 5.74) is 3.40. The number of benzene rings is 2. The Kier molecular flexibility index (Phi) is 6.48. The van der Waals surface area contributed by atoms with Gasteiger partial charge in [0.1, 0.15) is 17.4 Å². The van der Waals surface area contributed by atoms with Crippen molar-refractivity contribution >= 4 is 28.1 Å². The highest BCUT2D eigenvalue weighted by atomic mass is 16.5. The number of aromatic nitrogens is 2. The summed E-state index contributed by atoms with van der Waals surface area (Å²) in [4.78, 5) is 14.7. The summed E-state index contributed by atoms with van der Waals surface area (Å²) in [6.45, 7) is 3.25. The average molecular weight is 460 g/mol. The van der Waals surface area contributed by atoms with Crippen LogP contribution in [0.3, 0.4) is 0 Å². The molecule has 0 saturated heterocycles. The van der Waals surface area contributed by atoms with Crippen molar-refractivity contribution < 1.29 is 4.74 Å². The largest absolute Gasteiger partial charge is 0.495 e. The Morgan fingerprint density at radius 1 is 1.03 bits per heavy atom. The summed E-state index contributed by atoms with van der Waals surface area (Å²) in [6, 6.07) is 15.6. The number of fused-ring (bicyclic) bond motifs is 1. The molecular weight excluding hydrogens is 422 g/mol. The predicted molar refractivity (Wildman–Crippen MR) is 142 cm³/mol. The van der Waals surface area contributed by atoms with Crippen molar-refractivity contribution in [2.45, 2.75) is 63.5 Å². The van der Waals surface area contributed by atoms with Crippen LogP contribution in [0.1, 0.15) is 57.2 Å². The van der Waals surface area contributed by atoms with Gasteiger partial charge in [-0.2, -0.15) is 0 Å². The number of hydrogen-bond acceptors (Lipinski definition) is 6. The van der Waals surface area contributed by atoms with Gasteiger partial charge in [0, 0.05) is 49.7 Å². The molecule has 0 radical (unpaired) electrons. The van der Waals surface area contributed by atoms with E-state index in [1.165, 1.54) is 24.9 Å². The first-order valence-electron chi connectivity index (χ1n) is 12.7. The summed E-state index contributed by atoms with van der Waals surface area (Å²) in [7, 11) is 6.09. The normalized spacial score (nSPS) is 19.9. The molecule has 2 saturated carbocycles. The minimum atomic E-state index is 0.317. The van der Waals surface area contributed by atoms with Crippen LogP contribution in [0.4, 0.5) is 17.2 Å². The summed E-state index contributed by atoms with van der Waals surface area (Å²) in [5, 5.41) is 5.01. The number of methoxy groups -OCH3 is 1. The van der Waals surface area contributed by atoms with Crippen molar-refractivity contribution in [1.82, 2.24) is 9.97 Å². The second-order valence-electron chi connectivity index (χ2n) is 9.86. The quantitative estimate of drug-likeness (QED) is 0.434. The number of ether oxygens (including phenoxy) is 1. The molecule has 34 heavy (non-hydrogen) atoms. The Balaban J connectivity index is 1.48. The van der Waals surface area contributed by atoms with E-state index in [2.05, 4.69) is 66.5 Å². The van der Waals surface area contributed by atoms with Crippen molar-refractivity contribution in [3.63, 3.8) is 0 Å². The molecule has 2 aromatic carbocycles. The van der Waals surface area contributed by atoms with E-state index in [9.17, 15) is 0 Å². The van der Waals surface area contributed by atoms with Crippen LogP contribution in [0.25, 0.3) is 10.9 Å². The highest BCUT2D eigenvalue weighted by molar-refractivity contribution is 5.92. The molecule has 180 valence electrons. The van der Waals surface area contributed by atoms with Gasteiger partial charge in [0.15, 0.2) is 0 Å². The summed E-state index contributed by atoms with van der Waals surface area (Å²) in [6.07, 6.45) is 7.00. The molecule has 2 aliphatic carbocycles. The highest BCUT2D eigenvalue weighted by Crippen LogP contribution is 2.41. The van der Waals surface area contributed by atoms with Gasteiger partial charge in [-0.25, -0.2) is 9.97 Å². The third-order valence-corrected chi connectivity index (χ3v) is 7.40. The topological polar surface area (TPSA) is 53.5 Å². The Morgan fingerprint density at radius 3 is 2.62 bits per heavy atom. The summed E-state index contributed by atoms with van der Waals surface area (Å²) < 4.78 is 5.65. The molecule has 3 aromatic rings. The zero-order valence-electron chi connectivity index (χ0n) is 20.9. The predicted octanol–water partition coefficient (Wildman–Crippen LogP) is 5.83. The maximum atomic E-state index is 5.65. The zero-order chi connectivity index (χ0) is 23.7. The second kappa shape index (κ2) is 9.69. The van der Waals surface area contributed by atoms with Gasteiger partial charge >= 0.3 is 0 Å². The number of hydrogen-bond donors (Lipinski definition) is 1. The number of rotatable bonds is 9. The highest BCUT2D eigenvalue weighted by Gasteiger charge is 2.33. The van der Waals surface area contributed by atoms with E-state index < -0.39 is 0 Å². The van der Waals surface area contributed by atoms with Gasteiger partial charge in [-0.3, -0.25) is 0 Å². The van der Waals surface area contributed by atoms with Gasteiger partial charge in [0.2, 0.25) is 0 Å². The van der Waals surface area contributed by atoms with Crippen molar-refractivity contribution in [3.05, 3.63) is 48.3 Å². The van der Waals surface area contributed by atoms with E-state index in [0.29, 0.717) is 18.0 Å². The molecule has 0 spiro atoms. The molecule has 0 amide bonds. The van der Waals surface area contributed by atoms with Crippen LogP contribution >= 0.6 is 0 Å². The minimum absolute atomic E-state index is 0.317. The maximum absolute atomic E-state index is 5.65. The third kappa shape index (κ3) is 4.50. The fourth-order valence-electron chi connectivity index (χ4n) is 5.32.